The van der Waals surface area contributed by atoms with E-state index in [-0.39, 0.29) is 10.6 Å². The van der Waals surface area contributed by atoms with Crippen molar-refractivity contribution in [2.45, 2.75) is 25.2 Å². The van der Waals surface area contributed by atoms with E-state index in [9.17, 15) is 10.1 Å². The number of benzene rings is 1. The number of hydrogen-bond donors (Lipinski definition) is 1. The van der Waals surface area contributed by atoms with E-state index >= 15 is 0 Å². The van der Waals surface area contributed by atoms with Gasteiger partial charge in [-0.1, -0.05) is 6.42 Å². The van der Waals surface area contributed by atoms with Crippen molar-refractivity contribution in [1.82, 2.24) is 10.2 Å². The Kier molecular flexibility index (Phi) is 3.26. The number of rotatable bonds is 3. The second-order valence-electron chi connectivity index (χ2n) is 4.73. The summed E-state index contributed by atoms with van der Waals surface area (Å²) in [6, 6.07) is 6.69. The Hall–Kier alpha value is -1.44. The fraction of sp³-hybridized carbons (Fsp3) is 0.308. The molecular formula is C13H12IN3O2. The molecule has 1 aromatic carbocycles. The lowest BCUT2D eigenvalue weighted by Gasteiger charge is -2.25. The first-order valence-corrected chi connectivity index (χ1v) is 7.23. The molecule has 1 aliphatic carbocycles. The molecule has 1 aromatic heterocycles. The number of hydrogen-bond acceptors (Lipinski definition) is 3. The van der Waals surface area contributed by atoms with Crippen molar-refractivity contribution in [3.63, 3.8) is 0 Å². The van der Waals surface area contributed by atoms with Crippen molar-refractivity contribution < 1.29 is 4.92 Å². The lowest BCUT2D eigenvalue weighted by molar-refractivity contribution is -0.384. The summed E-state index contributed by atoms with van der Waals surface area (Å²) >= 11 is 2.20. The predicted octanol–water partition coefficient (Wildman–Crippen LogP) is 3.86. The maximum Gasteiger partial charge on any atom is 0.269 e. The van der Waals surface area contributed by atoms with Crippen LogP contribution in [0.15, 0.2) is 24.3 Å². The van der Waals surface area contributed by atoms with Crippen LogP contribution in [0.3, 0.4) is 0 Å². The summed E-state index contributed by atoms with van der Waals surface area (Å²) in [7, 11) is 0. The number of nitrogens with one attached hydrogen (secondary N) is 1. The van der Waals surface area contributed by atoms with Crippen LogP contribution in [0.1, 0.15) is 30.9 Å². The van der Waals surface area contributed by atoms with Gasteiger partial charge in [0.1, 0.15) is 3.70 Å². The minimum atomic E-state index is -0.378. The molecule has 19 heavy (non-hydrogen) atoms. The number of halogens is 1. The Balaban J connectivity index is 2.01. The molecule has 98 valence electrons. The fourth-order valence-corrected chi connectivity index (χ4v) is 3.07. The highest BCUT2D eigenvalue weighted by molar-refractivity contribution is 14.1. The molecule has 0 aliphatic heterocycles. The summed E-state index contributed by atoms with van der Waals surface area (Å²) in [6.45, 7) is 0. The van der Waals surface area contributed by atoms with E-state index in [1.165, 1.54) is 25.0 Å². The van der Waals surface area contributed by atoms with E-state index < -0.39 is 0 Å². The summed E-state index contributed by atoms with van der Waals surface area (Å²) in [5.74, 6) is 0.557. The SMILES string of the molecule is O=[N+]([O-])c1ccc(-c2c(I)n[nH]c2C2CCC2)cc1. The molecule has 1 saturated carbocycles. The Bertz CT molecular complexity index is 617. The quantitative estimate of drug-likeness (QED) is 0.507. The van der Waals surface area contributed by atoms with Crippen LogP contribution in [0.25, 0.3) is 11.1 Å². The van der Waals surface area contributed by atoms with Crippen LogP contribution in [-0.2, 0) is 0 Å². The van der Waals surface area contributed by atoms with Gasteiger partial charge < -0.3 is 0 Å². The largest absolute Gasteiger partial charge is 0.281 e. The highest BCUT2D eigenvalue weighted by Gasteiger charge is 2.26. The molecule has 1 N–H and O–H groups in total. The van der Waals surface area contributed by atoms with E-state index in [0.717, 1.165) is 14.8 Å². The Morgan fingerprint density at radius 3 is 2.53 bits per heavy atom. The highest BCUT2D eigenvalue weighted by Crippen LogP contribution is 2.41. The second-order valence-corrected chi connectivity index (χ2v) is 5.76. The molecular weight excluding hydrogens is 357 g/mol. The van der Waals surface area contributed by atoms with E-state index in [1.807, 2.05) is 0 Å². The van der Waals surface area contributed by atoms with E-state index in [1.54, 1.807) is 24.3 Å². The molecule has 3 rings (SSSR count). The average molecular weight is 369 g/mol. The third-order valence-electron chi connectivity index (χ3n) is 3.63. The summed E-state index contributed by atoms with van der Waals surface area (Å²) in [5, 5.41) is 18.1. The van der Waals surface area contributed by atoms with Crippen LogP contribution in [0.4, 0.5) is 5.69 Å². The molecule has 0 saturated heterocycles. The first kappa shape index (κ1) is 12.6. The summed E-state index contributed by atoms with van der Waals surface area (Å²) < 4.78 is 0.924. The minimum Gasteiger partial charge on any atom is -0.281 e. The molecule has 0 radical (unpaired) electrons. The molecule has 0 bridgehead atoms. The zero-order chi connectivity index (χ0) is 13.4. The van der Waals surface area contributed by atoms with Gasteiger partial charge in [0.25, 0.3) is 5.69 Å². The predicted molar refractivity (Wildman–Crippen MR) is 80.0 cm³/mol. The van der Waals surface area contributed by atoms with Gasteiger partial charge in [-0.25, -0.2) is 0 Å². The molecule has 0 unspecified atom stereocenters. The second kappa shape index (κ2) is 4.92. The van der Waals surface area contributed by atoms with Gasteiger partial charge >= 0.3 is 0 Å². The molecule has 6 heteroatoms. The highest BCUT2D eigenvalue weighted by atomic mass is 127. The summed E-state index contributed by atoms with van der Waals surface area (Å²) in [4.78, 5) is 10.3. The molecule has 2 aromatic rings. The van der Waals surface area contributed by atoms with Crippen LogP contribution >= 0.6 is 22.6 Å². The Morgan fingerprint density at radius 2 is 2.00 bits per heavy atom. The maximum atomic E-state index is 10.7. The van der Waals surface area contributed by atoms with Gasteiger partial charge in [0.15, 0.2) is 0 Å². The van der Waals surface area contributed by atoms with Crippen molar-refractivity contribution >= 4 is 28.3 Å². The van der Waals surface area contributed by atoms with E-state index in [4.69, 9.17) is 0 Å². The Labute approximate surface area is 123 Å². The maximum absolute atomic E-state index is 10.7. The van der Waals surface area contributed by atoms with E-state index in [2.05, 4.69) is 32.8 Å². The number of nitrogens with zero attached hydrogens (tertiary/aromatic N) is 2. The molecule has 1 aliphatic rings. The zero-order valence-corrected chi connectivity index (χ0v) is 12.3. The fourth-order valence-electron chi connectivity index (χ4n) is 2.35. The summed E-state index contributed by atoms with van der Waals surface area (Å²) in [5.41, 5.74) is 3.38. The molecule has 0 atom stereocenters. The van der Waals surface area contributed by atoms with Crippen LogP contribution in [0, 0.1) is 13.8 Å². The average Bonchev–Trinajstić information content (AvgIpc) is 2.69. The van der Waals surface area contributed by atoms with Gasteiger partial charge in [-0.15, -0.1) is 0 Å². The van der Waals surface area contributed by atoms with Gasteiger partial charge in [-0.05, 0) is 53.1 Å². The van der Waals surface area contributed by atoms with Gasteiger partial charge in [0.2, 0.25) is 0 Å². The first-order valence-electron chi connectivity index (χ1n) is 6.15. The van der Waals surface area contributed by atoms with Crippen LogP contribution in [0.2, 0.25) is 0 Å². The van der Waals surface area contributed by atoms with Crippen molar-refractivity contribution in [3.8, 4) is 11.1 Å². The number of aromatic amines is 1. The number of nitro benzene ring substituents is 1. The van der Waals surface area contributed by atoms with Gasteiger partial charge in [-0.3, -0.25) is 15.2 Å². The number of aromatic nitrogens is 2. The molecule has 1 fully saturated rings. The topological polar surface area (TPSA) is 71.8 Å². The Morgan fingerprint density at radius 1 is 1.32 bits per heavy atom. The smallest absolute Gasteiger partial charge is 0.269 e. The zero-order valence-electron chi connectivity index (χ0n) is 10.1. The normalized spacial score (nSPS) is 15.2. The monoisotopic (exact) mass is 369 g/mol. The van der Waals surface area contributed by atoms with Crippen molar-refractivity contribution in [1.29, 1.82) is 0 Å². The lowest BCUT2D eigenvalue weighted by Crippen LogP contribution is -2.10. The van der Waals surface area contributed by atoms with Crippen molar-refractivity contribution in [2.24, 2.45) is 0 Å². The molecule has 5 nitrogen and oxygen atoms in total. The summed E-state index contributed by atoms with van der Waals surface area (Å²) in [6.07, 6.45) is 3.65. The molecule has 0 amide bonds. The van der Waals surface area contributed by atoms with Crippen LogP contribution < -0.4 is 0 Å². The third-order valence-corrected chi connectivity index (χ3v) is 4.41. The third kappa shape index (κ3) is 2.24. The van der Waals surface area contributed by atoms with Crippen LogP contribution in [0.5, 0.6) is 0 Å². The number of H-pyrrole nitrogens is 1. The van der Waals surface area contributed by atoms with Crippen LogP contribution in [-0.4, -0.2) is 15.1 Å². The van der Waals surface area contributed by atoms with Crippen molar-refractivity contribution in [2.75, 3.05) is 0 Å². The minimum absolute atomic E-state index is 0.118. The number of nitro groups is 1. The number of non-ortho nitro benzene ring substituents is 1. The van der Waals surface area contributed by atoms with E-state index in [0.29, 0.717) is 5.92 Å². The van der Waals surface area contributed by atoms with Gasteiger partial charge in [0, 0.05) is 29.3 Å². The van der Waals surface area contributed by atoms with Gasteiger partial charge in [0.05, 0.1) is 4.92 Å². The molecule has 0 spiro atoms. The van der Waals surface area contributed by atoms with Crippen molar-refractivity contribution in [3.05, 3.63) is 43.8 Å². The molecule has 1 heterocycles. The lowest BCUT2D eigenvalue weighted by atomic mass is 9.81. The van der Waals surface area contributed by atoms with Gasteiger partial charge in [-0.2, -0.15) is 5.10 Å². The first-order chi connectivity index (χ1) is 9.16. The standard InChI is InChI=1S/C13H12IN3O2/c14-13-11(12(15-16-13)9-2-1-3-9)8-4-6-10(7-5-8)17(18)19/h4-7,9H,1-3H2,(H,15,16).